The van der Waals surface area contributed by atoms with Gasteiger partial charge in [-0.2, -0.15) is 5.10 Å². The van der Waals surface area contributed by atoms with Crippen LogP contribution < -0.4 is 34.4 Å². The third kappa shape index (κ3) is 8.73. The molecule has 0 fully saturated rings. The second-order valence-corrected chi connectivity index (χ2v) is 9.45. The molecule has 0 aliphatic rings. The number of methoxy groups -OCH3 is 3. The van der Waals surface area contributed by atoms with Crippen LogP contribution in [0.25, 0.3) is 6.08 Å². The number of benzene rings is 4. The first-order valence-corrected chi connectivity index (χ1v) is 14.1. The molecule has 11 nitrogen and oxygen atoms in total. The Morgan fingerprint density at radius 3 is 2.13 bits per heavy atom. The Morgan fingerprint density at radius 1 is 0.717 bits per heavy atom. The highest BCUT2D eigenvalue weighted by Crippen LogP contribution is 2.38. The van der Waals surface area contributed by atoms with Crippen molar-refractivity contribution in [1.29, 1.82) is 0 Å². The van der Waals surface area contributed by atoms with Gasteiger partial charge in [-0.1, -0.05) is 36.4 Å². The van der Waals surface area contributed by atoms with Gasteiger partial charge in [0.25, 0.3) is 11.8 Å². The molecule has 0 spiro atoms. The van der Waals surface area contributed by atoms with Gasteiger partial charge in [-0.25, -0.2) is 10.2 Å². The van der Waals surface area contributed by atoms with Gasteiger partial charge in [-0.05, 0) is 72.7 Å². The molecule has 4 aromatic carbocycles. The Bertz CT molecular complexity index is 1730. The predicted molar refractivity (Wildman–Crippen MR) is 174 cm³/mol. The number of nitrogens with one attached hydrogen (secondary N) is 2. The number of amides is 2. The summed E-state index contributed by atoms with van der Waals surface area (Å²) in [5.74, 6) is 0.116. The molecule has 46 heavy (non-hydrogen) atoms. The molecule has 2 amide bonds. The van der Waals surface area contributed by atoms with Gasteiger partial charge in [0.1, 0.15) is 0 Å². The zero-order valence-corrected chi connectivity index (χ0v) is 25.7. The van der Waals surface area contributed by atoms with Crippen LogP contribution in [0.2, 0.25) is 0 Å². The Labute approximate surface area is 266 Å². The number of carbonyl (C=O) groups is 3. The van der Waals surface area contributed by atoms with E-state index in [-0.39, 0.29) is 16.9 Å². The van der Waals surface area contributed by atoms with Crippen LogP contribution in [-0.2, 0) is 4.79 Å². The fraction of sp³-hybridized carbons (Fsp3) is 0.143. The van der Waals surface area contributed by atoms with Gasteiger partial charge in [0.05, 0.1) is 34.2 Å². The zero-order valence-electron chi connectivity index (χ0n) is 25.7. The quantitative estimate of drug-likeness (QED) is 0.0633. The van der Waals surface area contributed by atoms with Crippen LogP contribution in [0.3, 0.4) is 0 Å². The number of esters is 1. The number of carbonyl (C=O) groups excluding carboxylic acids is 3. The first kappa shape index (κ1) is 32.8. The van der Waals surface area contributed by atoms with Gasteiger partial charge >= 0.3 is 5.97 Å². The van der Waals surface area contributed by atoms with Crippen LogP contribution in [0.1, 0.15) is 38.8 Å². The summed E-state index contributed by atoms with van der Waals surface area (Å²) < 4.78 is 27.1. The molecular formula is C35H33N3O8. The molecule has 0 saturated carbocycles. The number of hydrogen-bond acceptors (Lipinski definition) is 9. The van der Waals surface area contributed by atoms with Gasteiger partial charge in [-0.15, -0.1) is 0 Å². The summed E-state index contributed by atoms with van der Waals surface area (Å²) >= 11 is 0. The van der Waals surface area contributed by atoms with Crippen molar-refractivity contribution >= 4 is 35.8 Å². The van der Waals surface area contributed by atoms with Crippen LogP contribution in [0.15, 0.2) is 96.1 Å². The van der Waals surface area contributed by atoms with E-state index >= 15 is 0 Å². The molecule has 0 heterocycles. The number of ether oxygens (including phenoxy) is 5. The van der Waals surface area contributed by atoms with E-state index in [4.69, 9.17) is 23.7 Å². The molecule has 0 aliphatic carbocycles. The molecule has 4 rings (SSSR count). The minimum Gasteiger partial charge on any atom is -0.493 e. The lowest BCUT2D eigenvalue weighted by atomic mass is 10.1. The summed E-state index contributed by atoms with van der Waals surface area (Å²) in [6.07, 6.45) is 4.42. The summed E-state index contributed by atoms with van der Waals surface area (Å²) in [4.78, 5) is 38.2. The lowest BCUT2D eigenvalue weighted by Crippen LogP contribution is -2.18. The summed E-state index contributed by atoms with van der Waals surface area (Å²) in [5, 5.41) is 6.80. The molecule has 2 N–H and O–H groups in total. The molecule has 236 valence electrons. The predicted octanol–water partition coefficient (Wildman–Crippen LogP) is 5.75. The van der Waals surface area contributed by atoms with E-state index in [2.05, 4.69) is 15.8 Å². The molecule has 0 bridgehead atoms. The Kier molecular flexibility index (Phi) is 11.5. The smallest absolute Gasteiger partial charge is 0.336 e. The summed E-state index contributed by atoms with van der Waals surface area (Å²) in [7, 11) is 4.39. The number of hydrogen-bond donors (Lipinski definition) is 2. The lowest BCUT2D eigenvalue weighted by Gasteiger charge is -2.14. The SMILES string of the molecule is CCOc1cc(C=NNC(=O)c2cccc(NC(=O)c3cc(OC)c(OC)c(OC)c3)c2)ccc1OC(=O)/C=C/c1ccccc1. The third-order valence-corrected chi connectivity index (χ3v) is 6.38. The molecular weight excluding hydrogens is 590 g/mol. The van der Waals surface area contributed by atoms with E-state index in [1.54, 1.807) is 42.5 Å². The average Bonchev–Trinajstić information content (AvgIpc) is 3.08. The van der Waals surface area contributed by atoms with E-state index in [9.17, 15) is 14.4 Å². The highest BCUT2D eigenvalue weighted by atomic mass is 16.6. The maximum Gasteiger partial charge on any atom is 0.336 e. The molecule has 4 aromatic rings. The standard InChI is InChI=1S/C35H33N3O8/c1-5-45-29-18-24(14-16-28(29)46-32(39)17-15-23-10-7-6-8-11-23)22-36-38-35(41)25-12-9-13-27(19-25)37-34(40)26-20-30(42-2)33(44-4)31(21-26)43-3/h6-22H,5H2,1-4H3,(H,37,40)(H,38,41)/b17-15+,36-22?. The van der Waals surface area contributed by atoms with Crippen LogP contribution in [-0.4, -0.2) is 51.9 Å². The van der Waals surface area contributed by atoms with Crippen molar-refractivity contribution in [2.75, 3.05) is 33.3 Å². The van der Waals surface area contributed by atoms with Crippen molar-refractivity contribution in [3.8, 4) is 28.7 Å². The third-order valence-electron chi connectivity index (χ3n) is 6.38. The van der Waals surface area contributed by atoms with Crippen molar-refractivity contribution in [2.24, 2.45) is 5.10 Å². The number of hydrazone groups is 1. The van der Waals surface area contributed by atoms with E-state index in [1.807, 2.05) is 37.3 Å². The minimum absolute atomic E-state index is 0.246. The molecule has 0 radical (unpaired) electrons. The molecule has 0 atom stereocenters. The monoisotopic (exact) mass is 623 g/mol. The highest BCUT2D eigenvalue weighted by molar-refractivity contribution is 6.06. The Balaban J connectivity index is 1.39. The van der Waals surface area contributed by atoms with Crippen molar-refractivity contribution in [3.05, 3.63) is 113 Å². The maximum atomic E-state index is 13.0. The van der Waals surface area contributed by atoms with E-state index in [0.29, 0.717) is 40.9 Å². The van der Waals surface area contributed by atoms with Crippen LogP contribution in [0.4, 0.5) is 5.69 Å². The second kappa shape index (κ2) is 16.1. The number of anilines is 1. The number of rotatable bonds is 13. The van der Waals surface area contributed by atoms with Crippen molar-refractivity contribution in [3.63, 3.8) is 0 Å². The molecule has 0 unspecified atom stereocenters. The lowest BCUT2D eigenvalue weighted by molar-refractivity contribution is -0.129. The fourth-order valence-electron chi connectivity index (χ4n) is 4.21. The van der Waals surface area contributed by atoms with Crippen molar-refractivity contribution in [1.82, 2.24) is 5.43 Å². The molecule has 11 heteroatoms. The minimum atomic E-state index is -0.555. The average molecular weight is 624 g/mol. The van der Waals surface area contributed by atoms with Crippen LogP contribution in [0, 0.1) is 0 Å². The fourth-order valence-corrected chi connectivity index (χ4v) is 4.21. The maximum absolute atomic E-state index is 13.0. The highest BCUT2D eigenvalue weighted by Gasteiger charge is 2.18. The normalized spacial score (nSPS) is 10.8. The Hall–Kier alpha value is -6.10. The second-order valence-electron chi connectivity index (χ2n) is 9.45. The number of nitrogens with zero attached hydrogens (tertiary/aromatic N) is 1. The van der Waals surface area contributed by atoms with Crippen molar-refractivity contribution < 1.29 is 38.1 Å². The van der Waals surface area contributed by atoms with Gasteiger partial charge < -0.3 is 29.0 Å². The summed E-state index contributed by atoms with van der Waals surface area (Å²) in [6, 6.07) is 23.7. The summed E-state index contributed by atoms with van der Waals surface area (Å²) in [6.45, 7) is 2.15. The Morgan fingerprint density at radius 2 is 1.46 bits per heavy atom. The van der Waals surface area contributed by atoms with Gasteiger partial charge in [-0.3, -0.25) is 9.59 Å². The molecule has 0 aliphatic heterocycles. The van der Waals surface area contributed by atoms with Crippen LogP contribution in [0.5, 0.6) is 28.7 Å². The molecule has 0 aromatic heterocycles. The van der Waals surface area contributed by atoms with Crippen LogP contribution >= 0.6 is 0 Å². The molecule has 0 saturated heterocycles. The van der Waals surface area contributed by atoms with Gasteiger partial charge in [0.15, 0.2) is 23.0 Å². The van der Waals surface area contributed by atoms with E-state index in [1.165, 1.54) is 51.8 Å². The van der Waals surface area contributed by atoms with Gasteiger partial charge in [0.2, 0.25) is 5.75 Å². The largest absolute Gasteiger partial charge is 0.493 e. The first-order chi connectivity index (χ1) is 22.3. The first-order valence-electron chi connectivity index (χ1n) is 14.1. The van der Waals surface area contributed by atoms with Crippen molar-refractivity contribution in [2.45, 2.75) is 6.92 Å². The van der Waals surface area contributed by atoms with E-state index < -0.39 is 17.8 Å². The van der Waals surface area contributed by atoms with E-state index in [0.717, 1.165) is 5.56 Å². The summed E-state index contributed by atoms with van der Waals surface area (Å²) in [5.41, 5.74) is 4.85. The topological polar surface area (TPSA) is 134 Å². The zero-order chi connectivity index (χ0) is 32.9. The van der Waals surface area contributed by atoms with Gasteiger partial charge in [0, 0.05) is 22.9 Å².